The Bertz CT molecular complexity index is 599. The molecule has 0 unspecified atom stereocenters. The van der Waals surface area contributed by atoms with Gasteiger partial charge < -0.3 is 15.1 Å². The average Bonchev–Trinajstić information content (AvgIpc) is 2.53. The van der Waals surface area contributed by atoms with Gasteiger partial charge in [0.25, 0.3) is 0 Å². The molecule has 1 fully saturated rings. The number of nitrogen functional groups attached to an aromatic ring is 1. The van der Waals surface area contributed by atoms with E-state index in [0.717, 1.165) is 18.9 Å². The van der Waals surface area contributed by atoms with Gasteiger partial charge in [0.15, 0.2) is 11.5 Å². The molecule has 9 heteroatoms. The van der Waals surface area contributed by atoms with Crippen molar-refractivity contribution in [2.75, 3.05) is 30.0 Å². The number of aromatic nitrogens is 1. The molecule has 6 nitrogen and oxygen atoms in total. The number of halogens is 3. The zero-order valence-corrected chi connectivity index (χ0v) is 13.6. The number of carbonyl (C=O) groups excluding carboxylic acids is 1. The van der Waals surface area contributed by atoms with Crippen LogP contribution in [0.25, 0.3) is 0 Å². The summed E-state index contributed by atoms with van der Waals surface area (Å²) in [4.78, 5) is 17.3. The van der Waals surface area contributed by atoms with Crippen LogP contribution in [-0.4, -0.2) is 30.6 Å². The Morgan fingerprint density at radius 1 is 1.46 bits per heavy atom. The summed E-state index contributed by atoms with van der Waals surface area (Å²) in [5.74, 6) is 4.97. The third-order valence-electron chi connectivity index (χ3n) is 4.00. The van der Waals surface area contributed by atoms with Crippen LogP contribution in [0.4, 0.5) is 24.7 Å². The summed E-state index contributed by atoms with van der Waals surface area (Å²) in [6, 6.07) is 1.06. The van der Waals surface area contributed by atoms with Gasteiger partial charge in [-0.25, -0.2) is 9.78 Å². The first kappa shape index (κ1) is 18.3. The van der Waals surface area contributed by atoms with Crippen LogP contribution in [-0.2, 0) is 10.9 Å². The number of carbonyl (C=O) groups is 1. The highest BCUT2D eigenvalue weighted by Crippen LogP contribution is 2.36. The average molecular weight is 346 g/mol. The molecule has 1 saturated heterocycles. The number of hydrogen-bond acceptors (Lipinski definition) is 6. The number of anilines is 2. The molecule has 2 heterocycles. The van der Waals surface area contributed by atoms with E-state index in [1.807, 2.05) is 0 Å². The van der Waals surface area contributed by atoms with E-state index in [4.69, 9.17) is 10.6 Å². The number of pyridine rings is 1. The smallest absolute Gasteiger partial charge is 0.434 e. The predicted octanol–water partition coefficient (Wildman–Crippen LogP) is 2.80. The molecule has 1 aromatic rings. The van der Waals surface area contributed by atoms with Gasteiger partial charge in [0, 0.05) is 13.1 Å². The summed E-state index contributed by atoms with van der Waals surface area (Å²) in [6.07, 6.45) is -3.06. The highest BCUT2D eigenvalue weighted by atomic mass is 19.4. The number of nitrogens with one attached hydrogen (secondary N) is 1. The Labute approximate surface area is 138 Å². The van der Waals surface area contributed by atoms with Crippen LogP contribution in [0.1, 0.15) is 42.7 Å². The third-order valence-corrected chi connectivity index (χ3v) is 4.00. The Morgan fingerprint density at radius 3 is 2.58 bits per heavy atom. The summed E-state index contributed by atoms with van der Waals surface area (Å²) in [7, 11) is 0. The van der Waals surface area contributed by atoms with Crippen molar-refractivity contribution in [1.29, 1.82) is 0 Å². The SMILES string of the molecule is CCOC(=O)c1cc(NN)c(N2CCC(C)CC2)nc1C(F)(F)F. The number of rotatable bonds is 4. The summed E-state index contributed by atoms with van der Waals surface area (Å²) in [6.45, 7) is 4.74. The van der Waals surface area contributed by atoms with Crippen LogP contribution in [0.2, 0.25) is 0 Å². The maximum Gasteiger partial charge on any atom is 0.434 e. The molecule has 0 amide bonds. The van der Waals surface area contributed by atoms with Crippen LogP contribution < -0.4 is 16.2 Å². The summed E-state index contributed by atoms with van der Waals surface area (Å²) < 4.78 is 44.8. The molecule has 0 bridgehead atoms. The maximum absolute atomic E-state index is 13.4. The van der Waals surface area contributed by atoms with Crippen molar-refractivity contribution >= 4 is 17.5 Å². The first-order chi connectivity index (χ1) is 11.3. The van der Waals surface area contributed by atoms with Gasteiger partial charge in [-0.05, 0) is 31.7 Å². The van der Waals surface area contributed by atoms with Crippen molar-refractivity contribution in [1.82, 2.24) is 4.98 Å². The van der Waals surface area contributed by atoms with Crippen molar-refractivity contribution in [2.24, 2.45) is 11.8 Å². The molecule has 134 valence electrons. The quantitative estimate of drug-likeness (QED) is 0.496. The van der Waals surface area contributed by atoms with Crippen LogP contribution >= 0.6 is 0 Å². The normalized spacial score (nSPS) is 16.2. The molecule has 2 rings (SSSR count). The minimum Gasteiger partial charge on any atom is -0.462 e. The highest BCUT2D eigenvalue weighted by molar-refractivity contribution is 5.93. The van der Waals surface area contributed by atoms with Gasteiger partial charge in [0.2, 0.25) is 0 Å². The van der Waals surface area contributed by atoms with E-state index in [1.54, 1.807) is 4.90 Å². The number of nitrogens with zero attached hydrogens (tertiary/aromatic N) is 2. The van der Waals surface area contributed by atoms with Gasteiger partial charge in [-0.1, -0.05) is 6.92 Å². The topological polar surface area (TPSA) is 80.5 Å². The lowest BCUT2D eigenvalue weighted by molar-refractivity contribution is -0.141. The molecular weight excluding hydrogens is 325 g/mol. The number of alkyl halides is 3. The zero-order chi connectivity index (χ0) is 17.9. The number of esters is 1. The fourth-order valence-corrected chi connectivity index (χ4v) is 2.65. The van der Waals surface area contributed by atoms with Crippen molar-refractivity contribution in [3.05, 3.63) is 17.3 Å². The van der Waals surface area contributed by atoms with Crippen molar-refractivity contribution < 1.29 is 22.7 Å². The number of hydrazine groups is 1. The van der Waals surface area contributed by atoms with Crippen molar-refractivity contribution in [2.45, 2.75) is 32.9 Å². The van der Waals surface area contributed by atoms with E-state index in [0.29, 0.717) is 19.0 Å². The minimum absolute atomic E-state index is 0.0344. The summed E-state index contributed by atoms with van der Waals surface area (Å²) in [5.41, 5.74) is 0.605. The second-order valence-corrected chi connectivity index (χ2v) is 5.79. The summed E-state index contributed by atoms with van der Waals surface area (Å²) >= 11 is 0. The number of piperidine rings is 1. The number of ether oxygens (including phenoxy) is 1. The lowest BCUT2D eigenvalue weighted by Crippen LogP contribution is -2.35. The first-order valence-corrected chi connectivity index (χ1v) is 7.78. The van der Waals surface area contributed by atoms with Crippen molar-refractivity contribution in [3.8, 4) is 0 Å². The van der Waals surface area contributed by atoms with E-state index >= 15 is 0 Å². The van der Waals surface area contributed by atoms with Gasteiger partial charge >= 0.3 is 12.1 Å². The lowest BCUT2D eigenvalue weighted by Gasteiger charge is -2.33. The van der Waals surface area contributed by atoms with Gasteiger partial charge in [0.05, 0.1) is 17.9 Å². The third kappa shape index (κ3) is 3.89. The molecular formula is C15H21F3N4O2. The van der Waals surface area contributed by atoms with Crippen molar-refractivity contribution in [3.63, 3.8) is 0 Å². The molecule has 0 aromatic carbocycles. The Kier molecular flexibility index (Phi) is 5.53. The molecule has 0 aliphatic carbocycles. The van der Waals surface area contributed by atoms with Gasteiger partial charge in [-0.3, -0.25) is 5.84 Å². The maximum atomic E-state index is 13.4. The second kappa shape index (κ2) is 7.25. The lowest BCUT2D eigenvalue weighted by atomic mass is 9.99. The van der Waals surface area contributed by atoms with E-state index in [2.05, 4.69) is 17.3 Å². The predicted molar refractivity (Wildman–Crippen MR) is 83.6 cm³/mol. The number of hydrogen-bond donors (Lipinski definition) is 2. The first-order valence-electron chi connectivity index (χ1n) is 7.78. The molecule has 0 atom stereocenters. The van der Waals surface area contributed by atoms with Crippen LogP contribution in [0.15, 0.2) is 6.07 Å². The van der Waals surface area contributed by atoms with Crippen LogP contribution in [0, 0.1) is 5.92 Å². The minimum atomic E-state index is -4.77. The molecule has 1 aromatic heterocycles. The number of nitrogens with two attached hydrogens (primary N) is 1. The van der Waals surface area contributed by atoms with Gasteiger partial charge in [-0.2, -0.15) is 13.2 Å². The largest absolute Gasteiger partial charge is 0.462 e. The fourth-order valence-electron chi connectivity index (χ4n) is 2.65. The van der Waals surface area contributed by atoms with Gasteiger partial charge in [0.1, 0.15) is 0 Å². The Hall–Kier alpha value is -2.03. The molecule has 1 aliphatic heterocycles. The monoisotopic (exact) mass is 346 g/mol. The van der Waals surface area contributed by atoms with E-state index in [-0.39, 0.29) is 18.1 Å². The Balaban J connectivity index is 2.50. The van der Waals surface area contributed by atoms with Gasteiger partial charge in [-0.15, -0.1) is 0 Å². The molecule has 1 aliphatic rings. The van der Waals surface area contributed by atoms with E-state index in [9.17, 15) is 18.0 Å². The molecule has 0 saturated carbocycles. The standard InChI is InChI=1S/C15H21F3N4O2/c1-3-24-14(23)10-8-11(21-19)13(20-12(10)15(16,17)18)22-6-4-9(2)5-7-22/h8-9,21H,3-7,19H2,1-2H3. The zero-order valence-electron chi connectivity index (χ0n) is 13.6. The molecule has 0 radical (unpaired) electrons. The van der Waals surface area contributed by atoms with Crippen LogP contribution in [0.5, 0.6) is 0 Å². The molecule has 3 N–H and O–H groups in total. The van der Waals surface area contributed by atoms with E-state index < -0.39 is 23.4 Å². The fraction of sp³-hybridized carbons (Fsp3) is 0.600. The second-order valence-electron chi connectivity index (χ2n) is 5.79. The van der Waals surface area contributed by atoms with Crippen LogP contribution in [0.3, 0.4) is 0 Å². The van der Waals surface area contributed by atoms with E-state index in [1.165, 1.54) is 6.92 Å². The summed E-state index contributed by atoms with van der Waals surface area (Å²) in [5, 5.41) is 0. The highest BCUT2D eigenvalue weighted by Gasteiger charge is 2.39. The molecule has 0 spiro atoms. The molecule has 24 heavy (non-hydrogen) atoms. The Morgan fingerprint density at radius 2 is 2.08 bits per heavy atom.